The Bertz CT molecular complexity index is 646. The molecule has 0 aliphatic rings. The molecule has 0 amide bonds. The molecule has 2 aromatic carbocycles. The van der Waals surface area contributed by atoms with Crippen LogP contribution in [0.25, 0.3) is 0 Å². The van der Waals surface area contributed by atoms with Crippen molar-refractivity contribution in [3.05, 3.63) is 59.4 Å². The van der Waals surface area contributed by atoms with Gasteiger partial charge in [0.15, 0.2) is 11.6 Å². The summed E-state index contributed by atoms with van der Waals surface area (Å²) < 4.78 is 44.7. The number of nitrogens with two attached hydrogens (primary N) is 1. The van der Waals surface area contributed by atoms with Crippen LogP contribution in [0.1, 0.15) is 5.56 Å². The molecule has 0 atom stereocenters. The molecule has 0 aliphatic carbocycles. The molecule has 0 saturated carbocycles. The van der Waals surface area contributed by atoms with Gasteiger partial charge in [0.2, 0.25) is 0 Å². The van der Waals surface area contributed by atoms with Gasteiger partial charge in [-0.25, -0.2) is 13.2 Å². The van der Waals surface area contributed by atoms with Crippen molar-refractivity contribution in [2.75, 3.05) is 0 Å². The maximum Gasteiger partial charge on any atom is 0.162 e. The van der Waals surface area contributed by atoms with Gasteiger partial charge in [-0.3, -0.25) is 0 Å². The van der Waals surface area contributed by atoms with Crippen molar-refractivity contribution in [1.82, 2.24) is 0 Å². The van der Waals surface area contributed by atoms with Crippen LogP contribution in [0, 0.1) is 17.5 Å². The molecule has 2 nitrogen and oxygen atoms in total. The molecule has 19 heavy (non-hydrogen) atoms. The topological polar surface area (TPSA) is 35.2 Å². The van der Waals surface area contributed by atoms with E-state index in [4.69, 9.17) is 22.7 Å². The molecule has 0 aromatic heterocycles. The second-order valence-electron chi connectivity index (χ2n) is 3.66. The zero-order valence-corrected chi connectivity index (χ0v) is 10.3. The van der Waals surface area contributed by atoms with E-state index in [0.29, 0.717) is 0 Å². The first kappa shape index (κ1) is 13.4. The summed E-state index contributed by atoms with van der Waals surface area (Å²) in [6.45, 7) is 0. The molecule has 98 valence electrons. The lowest BCUT2D eigenvalue weighted by atomic mass is 10.2. The van der Waals surface area contributed by atoms with Crippen molar-refractivity contribution in [2.24, 2.45) is 5.73 Å². The minimum atomic E-state index is -1.06. The van der Waals surface area contributed by atoms with Crippen LogP contribution in [0.4, 0.5) is 13.2 Å². The maximum absolute atomic E-state index is 13.6. The highest BCUT2D eigenvalue weighted by Gasteiger charge is 2.13. The Morgan fingerprint density at radius 1 is 1.00 bits per heavy atom. The van der Waals surface area contributed by atoms with Gasteiger partial charge in [-0.2, -0.15) is 0 Å². The van der Waals surface area contributed by atoms with Crippen molar-refractivity contribution in [3.8, 4) is 11.5 Å². The highest BCUT2D eigenvalue weighted by Crippen LogP contribution is 2.28. The highest BCUT2D eigenvalue weighted by molar-refractivity contribution is 7.80. The van der Waals surface area contributed by atoms with Gasteiger partial charge in [-0.05, 0) is 24.3 Å². The van der Waals surface area contributed by atoms with Gasteiger partial charge in [0, 0.05) is 6.07 Å². The second-order valence-corrected chi connectivity index (χ2v) is 4.10. The molecule has 0 bridgehead atoms. The van der Waals surface area contributed by atoms with E-state index >= 15 is 0 Å². The minimum Gasteiger partial charge on any atom is -0.456 e. The normalized spacial score (nSPS) is 10.3. The predicted molar refractivity (Wildman–Crippen MR) is 68.7 cm³/mol. The van der Waals surface area contributed by atoms with E-state index in [2.05, 4.69) is 0 Å². The lowest BCUT2D eigenvalue weighted by Gasteiger charge is -2.11. The molecule has 2 aromatic rings. The van der Waals surface area contributed by atoms with E-state index in [0.717, 1.165) is 12.1 Å². The largest absolute Gasteiger partial charge is 0.456 e. The Balaban J connectivity index is 2.40. The van der Waals surface area contributed by atoms with Gasteiger partial charge in [0.25, 0.3) is 0 Å². The van der Waals surface area contributed by atoms with E-state index in [1.165, 1.54) is 24.3 Å². The lowest BCUT2D eigenvalue weighted by Crippen LogP contribution is -2.13. The average molecular weight is 283 g/mol. The van der Waals surface area contributed by atoms with Gasteiger partial charge >= 0.3 is 0 Å². The quantitative estimate of drug-likeness (QED) is 0.875. The fraction of sp³-hybridized carbons (Fsp3) is 0. The molecule has 0 aliphatic heterocycles. The number of thiocarbonyl (C=S) groups is 1. The monoisotopic (exact) mass is 283 g/mol. The summed E-state index contributed by atoms with van der Waals surface area (Å²) >= 11 is 4.72. The van der Waals surface area contributed by atoms with Crippen molar-refractivity contribution in [1.29, 1.82) is 0 Å². The van der Waals surface area contributed by atoms with Gasteiger partial charge in [-0.1, -0.05) is 18.3 Å². The second kappa shape index (κ2) is 5.27. The molecule has 0 saturated heterocycles. The molecule has 6 heteroatoms. The number of hydrogen-bond donors (Lipinski definition) is 1. The summed E-state index contributed by atoms with van der Waals surface area (Å²) in [7, 11) is 0. The zero-order chi connectivity index (χ0) is 14.0. The van der Waals surface area contributed by atoms with Crippen LogP contribution in [0.2, 0.25) is 0 Å². The molecular weight excluding hydrogens is 275 g/mol. The Morgan fingerprint density at radius 3 is 2.37 bits per heavy atom. The SMILES string of the molecule is NC(=S)c1c(F)cccc1Oc1ccc(F)c(F)c1. The highest BCUT2D eigenvalue weighted by atomic mass is 32.1. The summed E-state index contributed by atoms with van der Waals surface area (Å²) in [5.41, 5.74) is 5.32. The van der Waals surface area contributed by atoms with E-state index in [-0.39, 0.29) is 22.1 Å². The van der Waals surface area contributed by atoms with E-state index in [1.807, 2.05) is 0 Å². The molecular formula is C13H8F3NOS. The molecule has 2 rings (SSSR count). The predicted octanol–water partition coefficient (Wildman–Crippen LogP) is 3.53. The Labute approximate surface area is 112 Å². The van der Waals surface area contributed by atoms with Crippen LogP contribution in [0.5, 0.6) is 11.5 Å². The summed E-state index contributed by atoms with van der Waals surface area (Å²) in [4.78, 5) is -0.185. The van der Waals surface area contributed by atoms with Crippen molar-refractivity contribution in [3.63, 3.8) is 0 Å². The zero-order valence-electron chi connectivity index (χ0n) is 9.49. The fourth-order valence-electron chi connectivity index (χ4n) is 1.50. The van der Waals surface area contributed by atoms with Gasteiger partial charge in [-0.15, -0.1) is 0 Å². The van der Waals surface area contributed by atoms with Crippen LogP contribution in [-0.4, -0.2) is 4.99 Å². The van der Waals surface area contributed by atoms with Gasteiger partial charge in [0.1, 0.15) is 22.3 Å². The van der Waals surface area contributed by atoms with Crippen molar-refractivity contribution < 1.29 is 17.9 Å². The molecule has 0 fully saturated rings. The van der Waals surface area contributed by atoms with Crippen LogP contribution < -0.4 is 10.5 Å². The van der Waals surface area contributed by atoms with Crippen molar-refractivity contribution >= 4 is 17.2 Å². The first-order valence-electron chi connectivity index (χ1n) is 5.20. The lowest BCUT2D eigenvalue weighted by molar-refractivity contribution is 0.457. The van der Waals surface area contributed by atoms with E-state index in [9.17, 15) is 13.2 Å². The molecule has 0 unspecified atom stereocenters. The fourth-order valence-corrected chi connectivity index (χ4v) is 1.69. The first-order chi connectivity index (χ1) is 8.99. The molecule has 2 N–H and O–H groups in total. The number of halogens is 3. The number of rotatable bonds is 3. The summed E-state index contributed by atoms with van der Waals surface area (Å²) in [5, 5.41) is 0. The van der Waals surface area contributed by atoms with Crippen LogP contribution in [0.15, 0.2) is 36.4 Å². The summed E-state index contributed by atoms with van der Waals surface area (Å²) in [6, 6.07) is 6.97. The number of hydrogen-bond acceptors (Lipinski definition) is 2. The maximum atomic E-state index is 13.6. The first-order valence-corrected chi connectivity index (χ1v) is 5.61. The Hall–Kier alpha value is -2.08. The van der Waals surface area contributed by atoms with Gasteiger partial charge < -0.3 is 10.5 Å². The van der Waals surface area contributed by atoms with E-state index < -0.39 is 17.5 Å². The number of benzene rings is 2. The van der Waals surface area contributed by atoms with E-state index in [1.54, 1.807) is 0 Å². The summed E-state index contributed by atoms with van der Waals surface area (Å²) in [6.07, 6.45) is 0. The minimum absolute atomic E-state index is 0.0157. The third-order valence-corrected chi connectivity index (χ3v) is 2.54. The third kappa shape index (κ3) is 2.85. The Morgan fingerprint density at radius 2 is 1.74 bits per heavy atom. The number of ether oxygens (including phenoxy) is 1. The summed E-state index contributed by atoms with van der Waals surface area (Å²) in [5.74, 6) is -2.65. The van der Waals surface area contributed by atoms with Crippen LogP contribution in [-0.2, 0) is 0 Å². The van der Waals surface area contributed by atoms with Crippen molar-refractivity contribution in [2.45, 2.75) is 0 Å². The smallest absolute Gasteiger partial charge is 0.162 e. The molecule has 0 heterocycles. The van der Waals surface area contributed by atoms with Gasteiger partial charge in [0.05, 0.1) is 5.56 Å². The molecule has 0 spiro atoms. The standard InChI is InChI=1S/C13H8F3NOS/c14-8-5-4-7(6-10(8)16)18-11-3-1-2-9(15)12(11)13(17)19/h1-6H,(H2,17,19). The van der Waals surface area contributed by atoms with Crippen LogP contribution in [0.3, 0.4) is 0 Å². The third-order valence-electron chi connectivity index (χ3n) is 2.34. The Kier molecular flexibility index (Phi) is 3.71. The average Bonchev–Trinajstić information content (AvgIpc) is 2.33. The van der Waals surface area contributed by atoms with Crippen LogP contribution >= 0.6 is 12.2 Å². The molecule has 0 radical (unpaired) electrons.